The van der Waals surface area contributed by atoms with E-state index in [0.717, 1.165) is 37.1 Å². The summed E-state index contributed by atoms with van der Waals surface area (Å²) in [6.45, 7) is 6.34. The predicted molar refractivity (Wildman–Crippen MR) is 90.1 cm³/mol. The summed E-state index contributed by atoms with van der Waals surface area (Å²) in [5.41, 5.74) is 2.28. The highest BCUT2D eigenvalue weighted by Crippen LogP contribution is 2.33. The van der Waals surface area contributed by atoms with Crippen molar-refractivity contribution >= 4 is 5.82 Å². The van der Waals surface area contributed by atoms with Crippen LogP contribution < -0.4 is 4.90 Å². The smallest absolute Gasteiger partial charge is 0.147 e. The van der Waals surface area contributed by atoms with Gasteiger partial charge in [0.15, 0.2) is 0 Å². The molecule has 2 aromatic heterocycles. The molecule has 0 aliphatic carbocycles. The number of anilines is 1. The fourth-order valence-electron chi connectivity index (χ4n) is 3.98. The Morgan fingerprint density at radius 3 is 2.91 bits per heavy atom. The van der Waals surface area contributed by atoms with E-state index in [1.165, 1.54) is 25.1 Å². The highest BCUT2D eigenvalue weighted by Gasteiger charge is 2.38. The Bertz CT molecular complexity index is 659. The number of hydrogen-bond donors (Lipinski definition) is 0. The SMILES string of the molecule is Cc1cccc(CN2CCC3CCN(c4cnccn4)CC32)n1. The van der Waals surface area contributed by atoms with E-state index in [-0.39, 0.29) is 0 Å². The van der Waals surface area contributed by atoms with E-state index < -0.39 is 0 Å². The van der Waals surface area contributed by atoms with Gasteiger partial charge in [-0.15, -0.1) is 0 Å². The molecule has 5 heteroatoms. The summed E-state index contributed by atoms with van der Waals surface area (Å²) in [6, 6.07) is 6.92. The molecule has 0 bridgehead atoms. The van der Waals surface area contributed by atoms with Gasteiger partial charge in [0, 0.05) is 43.8 Å². The van der Waals surface area contributed by atoms with Crippen LogP contribution in [0.15, 0.2) is 36.8 Å². The molecule has 23 heavy (non-hydrogen) atoms. The van der Waals surface area contributed by atoms with Crippen molar-refractivity contribution in [3.05, 3.63) is 48.2 Å². The Hall–Kier alpha value is -2.01. The van der Waals surface area contributed by atoms with Crippen molar-refractivity contribution in [1.29, 1.82) is 0 Å². The molecule has 2 saturated heterocycles. The van der Waals surface area contributed by atoms with Crippen molar-refractivity contribution in [3.8, 4) is 0 Å². The number of nitrogens with zero attached hydrogens (tertiary/aromatic N) is 5. The maximum Gasteiger partial charge on any atom is 0.147 e. The molecule has 120 valence electrons. The van der Waals surface area contributed by atoms with Crippen LogP contribution in [0.4, 0.5) is 5.82 Å². The Labute approximate surface area is 137 Å². The summed E-state index contributed by atoms with van der Waals surface area (Å²) in [5.74, 6) is 1.82. The van der Waals surface area contributed by atoms with Crippen molar-refractivity contribution in [2.24, 2.45) is 5.92 Å². The normalized spacial score (nSPS) is 24.7. The van der Waals surface area contributed by atoms with Gasteiger partial charge in [0.1, 0.15) is 5.82 Å². The standard InChI is InChI=1S/C18H23N5/c1-14-3-2-4-16(21-14)12-22-9-5-15-6-10-23(13-17(15)22)18-11-19-7-8-20-18/h2-4,7-8,11,15,17H,5-6,9-10,12-13H2,1H3. The largest absolute Gasteiger partial charge is 0.354 e. The van der Waals surface area contributed by atoms with Crippen molar-refractivity contribution in [2.75, 3.05) is 24.5 Å². The molecule has 4 rings (SSSR count). The zero-order valence-corrected chi connectivity index (χ0v) is 13.6. The van der Waals surface area contributed by atoms with Gasteiger partial charge in [0.2, 0.25) is 0 Å². The van der Waals surface area contributed by atoms with Crippen LogP contribution in [-0.2, 0) is 6.54 Å². The molecule has 5 nitrogen and oxygen atoms in total. The van der Waals surface area contributed by atoms with E-state index in [1.54, 1.807) is 12.4 Å². The first-order chi connectivity index (χ1) is 11.3. The lowest BCUT2D eigenvalue weighted by Gasteiger charge is -2.38. The summed E-state index contributed by atoms with van der Waals surface area (Å²) in [4.78, 5) is 18.3. The van der Waals surface area contributed by atoms with E-state index in [0.29, 0.717) is 6.04 Å². The van der Waals surface area contributed by atoms with Crippen molar-refractivity contribution < 1.29 is 0 Å². The number of fused-ring (bicyclic) bond motifs is 1. The minimum atomic E-state index is 0.605. The van der Waals surface area contributed by atoms with Gasteiger partial charge in [-0.3, -0.25) is 14.9 Å². The van der Waals surface area contributed by atoms with Crippen LogP contribution in [0.2, 0.25) is 0 Å². The zero-order chi connectivity index (χ0) is 15.6. The molecular weight excluding hydrogens is 286 g/mol. The number of aromatic nitrogens is 3. The molecule has 0 radical (unpaired) electrons. The molecule has 4 heterocycles. The van der Waals surface area contributed by atoms with E-state index in [4.69, 9.17) is 0 Å². The summed E-state index contributed by atoms with van der Waals surface area (Å²) >= 11 is 0. The van der Waals surface area contributed by atoms with Crippen LogP contribution in [0.1, 0.15) is 24.2 Å². The van der Waals surface area contributed by atoms with Crippen molar-refractivity contribution in [2.45, 2.75) is 32.4 Å². The lowest BCUT2D eigenvalue weighted by atomic mass is 9.92. The molecule has 0 aromatic carbocycles. The second-order valence-corrected chi connectivity index (χ2v) is 6.66. The van der Waals surface area contributed by atoms with Gasteiger partial charge in [0.05, 0.1) is 11.9 Å². The van der Waals surface area contributed by atoms with Crippen LogP contribution in [0.3, 0.4) is 0 Å². The lowest BCUT2D eigenvalue weighted by Crippen LogP contribution is -2.48. The minimum absolute atomic E-state index is 0.605. The van der Waals surface area contributed by atoms with Gasteiger partial charge in [0.25, 0.3) is 0 Å². The molecule has 0 saturated carbocycles. The van der Waals surface area contributed by atoms with Gasteiger partial charge >= 0.3 is 0 Å². The maximum absolute atomic E-state index is 4.67. The van der Waals surface area contributed by atoms with E-state index >= 15 is 0 Å². The van der Waals surface area contributed by atoms with Gasteiger partial charge in [-0.2, -0.15) is 0 Å². The second-order valence-electron chi connectivity index (χ2n) is 6.66. The Morgan fingerprint density at radius 1 is 1.17 bits per heavy atom. The number of hydrogen-bond acceptors (Lipinski definition) is 5. The van der Waals surface area contributed by atoms with Crippen LogP contribution in [-0.4, -0.2) is 45.5 Å². The summed E-state index contributed by atoms with van der Waals surface area (Å²) in [7, 11) is 0. The quantitative estimate of drug-likeness (QED) is 0.870. The zero-order valence-electron chi connectivity index (χ0n) is 13.6. The first-order valence-electron chi connectivity index (χ1n) is 8.47. The third-order valence-corrected chi connectivity index (χ3v) is 5.16. The van der Waals surface area contributed by atoms with Gasteiger partial charge in [-0.25, -0.2) is 4.98 Å². The summed E-state index contributed by atoms with van der Waals surface area (Å²) in [6.07, 6.45) is 7.96. The molecule has 2 fully saturated rings. The van der Waals surface area contributed by atoms with E-state index in [9.17, 15) is 0 Å². The number of aryl methyl sites for hydroxylation is 1. The fourth-order valence-corrected chi connectivity index (χ4v) is 3.98. The Morgan fingerprint density at radius 2 is 2.09 bits per heavy atom. The highest BCUT2D eigenvalue weighted by atomic mass is 15.3. The molecule has 2 aliphatic rings. The molecule has 0 amide bonds. The minimum Gasteiger partial charge on any atom is -0.354 e. The van der Waals surface area contributed by atoms with Crippen LogP contribution in [0.5, 0.6) is 0 Å². The van der Waals surface area contributed by atoms with E-state index in [1.807, 2.05) is 6.20 Å². The first-order valence-corrected chi connectivity index (χ1v) is 8.47. The average Bonchev–Trinajstić information content (AvgIpc) is 2.98. The monoisotopic (exact) mass is 309 g/mol. The first kappa shape index (κ1) is 14.6. The molecule has 2 aliphatic heterocycles. The predicted octanol–water partition coefficient (Wildman–Crippen LogP) is 2.28. The Balaban J connectivity index is 1.48. The molecule has 0 N–H and O–H groups in total. The number of piperidine rings is 1. The molecular formula is C18H23N5. The van der Waals surface area contributed by atoms with Crippen LogP contribution in [0.25, 0.3) is 0 Å². The fraction of sp³-hybridized carbons (Fsp3) is 0.500. The Kier molecular flexibility index (Phi) is 3.95. The highest BCUT2D eigenvalue weighted by molar-refractivity contribution is 5.36. The van der Waals surface area contributed by atoms with Gasteiger partial charge in [-0.1, -0.05) is 6.07 Å². The van der Waals surface area contributed by atoms with Gasteiger partial charge in [-0.05, 0) is 44.4 Å². The topological polar surface area (TPSA) is 45.2 Å². The summed E-state index contributed by atoms with van der Waals surface area (Å²) in [5, 5.41) is 0. The van der Waals surface area contributed by atoms with Gasteiger partial charge < -0.3 is 4.90 Å². The van der Waals surface area contributed by atoms with E-state index in [2.05, 4.69) is 49.9 Å². The third kappa shape index (κ3) is 3.06. The molecule has 0 spiro atoms. The molecule has 2 atom stereocenters. The number of rotatable bonds is 3. The molecule has 2 unspecified atom stereocenters. The lowest BCUT2D eigenvalue weighted by molar-refractivity contribution is 0.198. The van der Waals surface area contributed by atoms with Crippen molar-refractivity contribution in [1.82, 2.24) is 19.9 Å². The second kappa shape index (κ2) is 6.24. The van der Waals surface area contributed by atoms with Crippen molar-refractivity contribution in [3.63, 3.8) is 0 Å². The maximum atomic E-state index is 4.67. The number of likely N-dealkylation sites (tertiary alicyclic amines) is 1. The third-order valence-electron chi connectivity index (χ3n) is 5.16. The number of pyridine rings is 1. The van der Waals surface area contributed by atoms with Crippen LogP contribution in [0, 0.1) is 12.8 Å². The average molecular weight is 309 g/mol. The van der Waals surface area contributed by atoms with Crippen LogP contribution >= 0.6 is 0 Å². The summed E-state index contributed by atoms with van der Waals surface area (Å²) < 4.78 is 0. The molecule has 2 aromatic rings.